The minimum atomic E-state index is -4.98. The van der Waals surface area contributed by atoms with Crippen molar-refractivity contribution < 1.29 is 35.1 Å². The Morgan fingerprint density at radius 2 is 1.18 bits per heavy atom. The molecule has 0 radical (unpaired) electrons. The molecule has 0 aromatic carbocycles. The molecule has 0 heterocycles. The molecular formula is C25H36F8. The quantitative estimate of drug-likeness (QED) is 0.159. The van der Waals surface area contributed by atoms with E-state index >= 15 is 0 Å². The summed E-state index contributed by atoms with van der Waals surface area (Å²) in [5.41, 5.74) is -4.43. The molecular weight excluding hydrogens is 452 g/mol. The molecule has 0 aliphatic heterocycles. The van der Waals surface area contributed by atoms with Crippen LogP contribution in [0.5, 0.6) is 0 Å². The first kappa shape index (κ1) is 31.4. The van der Waals surface area contributed by atoms with Crippen LogP contribution in [0.1, 0.15) is 73.1 Å². The monoisotopic (exact) mass is 488 g/mol. The highest BCUT2D eigenvalue weighted by atomic mass is 19.3. The van der Waals surface area contributed by atoms with Crippen LogP contribution in [0.2, 0.25) is 0 Å². The first-order chi connectivity index (χ1) is 14.4. The Bertz CT molecular complexity index is 742. The molecule has 0 N–H and O–H groups in total. The van der Waals surface area contributed by atoms with Gasteiger partial charge in [0.05, 0.1) is 0 Å². The number of hydrogen-bond acceptors (Lipinski definition) is 0. The summed E-state index contributed by atoms with van der Waals surface area (Å²) in [4.78, 5) is 0. The minimum absolute atomic E-state index is 0.240. The molecule has 0 unspecified atom stereocenters. The van der Waals surface area contributed by atoms with E-state index in [9.17, 15) is 35.1 Å². The van der Waals surface area contributed by atoms with E-state index in [-0.39, 0.29) is 18.4 Å². The number of hydrogen-bond donors (Lipinski definition) is 0. The third-order valence-corrected chi connectivity index (χ3v) is 6.11. The third kappa shape index (κ3) is 7.99. The average Bonchev–Trinajstić information content (AvgIpc) is 2.61. The van der Waals surface area contributed by atoms with Crippen molar-refractivity contribution >= 4 is 0 Å². The molecule has 0 saturated carbocycles. The largest absolute Gasteiger partial charge is 0.315 e. The predicted molar refractivity (Wildman–Crippen MR) is 118 cm³/mol. The van der Waals surface area contributed by atoms with Crippen LogP contribution < -0.4 is 0 Å². The van der Waals surface area contributed by atoms with Crippen molar-refractivity contribution in [2.45, 2.75) is 96.8 Å². The van der Waals surface area contributed by atoms with Crippen molar-refractivity contribution in [3.05, 3.63) is 49.1 Å². The van der Waals surface area contributed by atoms with Gasteiger partial charge in [-0.3, -0.25) is 0 Å². The second kappa shape index (κ2) is 10.3. The molecule has 0 aliphatic carbocycles. The van der Waals surface area contributed by atoms with Gasteiger partial charge in [0.2, 0.25) is 5.92 Å². The molecule has 33 heavy (non-hydrogen) atoms. The zero-order valence-electron chi connectivity index (χ0n) is 20.2. The molecule has 0 aromatic heterocycles. The third-order valence-electron chi connectivity index (χ3n) is 6.11. The van der Waals surface area contributed by atoms with Gasteiger partial charge in [0.1, 0.15) is 0 Å². The smallest absolute Gasteiger partial charge is 0.207 e. The van der Waals surface area contributed by atoms with Gasteiger partial charge in [-0.15, -0.1) is 0 Å². The topological polar surface area (TPSA) is 0 Å². The van der Waals surface area contributed by atoms with Gasteiger partial charge >= 0.3 is 11.8 Å². The number of rotatable bonds is 15. The van der Waals surface area contributed by atoms with Crippen LogP contribution in [-0.2, 0) is 0 Å². The Balaban J connectivity index is 5.67. The van der Waals surface area contributed by atoms with Crippen molar-refractivity contribution in [1.82, 2.24) is 0 Å². The first-order valence-electron chi connectivity index (χ1n) is 10.6. The summed E-state index contributed by atoms with van der Waals surface area (Å²) < 4.78 is 118. The average molecular weight is 489 g/mol. The highest BCUT2D eigenvalue weighted by Crippen LogP contribution is 2.57. The van der Waals surface area contributed by atoms with Crippen LogP contribution in [0.3, 0.4) is 0 Å². The maximum absolute atomic E-state index is 14.9. The molecule has 0 spiro atoms. The van der Waals surface area contributed by atoms with Crippen LogP contribution >= 0.6 is 0 Å². The van der Waals surface area contributed by atoms with Gasteiger partial charge in [-0.25, -0.2) is 17.6 Å². The van der Waals surface area contributed by atoms with Gasteiger partial charge in [0.15, 0.2) is 0 Å². The van der Waals surface area contributed by atoms with E-state index in [1.807, 2.05) is 0 Å². The van der Waals surface area contributed by atoms with E-state index in [1.165, 1.54) is 6.08 Å². The Hall–Kier alpha value is -1.60. The van der Waals surface area contributed by atoms with E-state index < -0.39 is 60.2 Å². The van der Waals surface area contributed by atoms with Crippen LogP contribution in [0.4, 0.5) is 35.1 Å². The highest BCUT2D eigenvalue weighted by Gasteiger charge is 2.68. The van der Waals surface area contributed by atoms with Crippen molar-refractivity contribution in [3.8, 4) is 0 Å². The molecule has 0 saturated heterocycles. The Labute approximate surface area is 192 Å². The summed E-state index contributed by atoms with van der Waals surface area (Å²) in [6.07, 6.45) is -4.46. The summed E-state index contributed by atoms with van der Waals surface area (Å²) in [6, 6.07) is 0. The lowest BCUT2D eigenvalue weighted by atomic mass is 9.70. The standard InChI is InChI=1S/C25H36F8/c1-10-18(4)11-14-23(28,29)20(6,7)16-24(30,31)25(32,33)21(8,9)15-22(26,27)13-12-19(5)17(2)3/h10H,1-2,4-5,11-16H2,3,6-9H3. The fourth-order valence-electron chi connectivity index (χ4n) is 3.44. The maximum Gasteiger partial charge on any atom is 0.315 e. The second-order valence-electron chi connectivity index (χ2n) is 10.2. The Morgan fingerprint density at radius 3 is 1.61 bits per heavy atom. The van der Waals surface area contributed by atoms with Crippen LogP contribution in [0, 0.1) is 10.8 Å². The zero-order chi connectivity index (χ0) is 26.7. The zero-order valence-corrected chi connectivity index (χ0v) is 20.2. The van der Waals surface area contributed by atoms with Crippen molar-refractivity contribution in [2.24, 2.45) is 10.8 Å². The summed E-state index contributed by atoms with van der Waals surface area (Å²) in [5.74, 6) is -17.4. The second-order valence-corrected chi connectivity index (χ2v) is 10.2. The number of halogens is 8. The summed E-state index contributed by atoms with van der Waals surface area (Å²) >= 11 is 0. The lowest BCUT2D eigenvalue weighted by Crippen LogP contribution is -2.56. The van der Waals surface area contributed by atoms with Crippen LogP contribution in [-0.4, -0.2) is 23.7 Å². The van der Waals surface area contributed by atoms with Crippen LogP contribution in [0.25, 0.3) is 0 Å². The molecule has 0 aliphatic rings. The lowest BCUT2D eigenvalue weighted by molar-refractivity contribution is -0.291. The summed E-state index contributed by atoms with van der Waals surface area (Å²) in [7, 11) is 0. The number of allylic oxidation sites excluding steroid dienone is 4. The number of alkyl halides is 8. The molecule has 8 heteroatoms. The van der Waals surface area contributed by atoms with Gasteiger partial charge in [0, 0.05) is 36.5 Å². The molecule has 0 amide bonds. The van der Waals surface area contributed by atoms with Crippen molar-refractivity contribution in [2.75, 3.05) is 0 Å². The molecule has 192 valence electrons. The SMILES string of the molecule is C=CC(=C)CCC(F)(F)C(C)(C)CC(F)(F)C(F)(F)C(C)(C)CC(F)(F)CCC(=C)C(=C)C. The van der Waals surface area contributed by atoms with Crippen molar-refractivity contribution in [1.29, 1.82) is 0 Å². The van der Waals surface area contributed by atoms with Gasteiger partial charge in [-0.1, -0.05) is 76.8 Å². The van der Waals surface area contributed by atoms with Crippen molar-refractivity contribution in [3.63, 3.8) is 0 Å². The fraction of sp³-hybridized carbons (Fsp3) is 0.680. The first-order valence-corrected chi connectivity index (χ1v) is 10.6. The van der Waals surface area contributed by atoms with Crippen LogP contribution in [0.15, 0.2) is 49.1 Å². The predicted octanol–water partition coefficient (Wildman–Crippen LogP) is 9.80. The maximum atomic E-state index is 14.9. The summed E-state index contributed by atoms with van der Waals surface area (Å²) in [6.45, 7) is 18.2. The lowest BCUT2D eigenvalue weighted by Gasteiger charge is -2.44. The van der Waals surface area contributed by atoms with E-state index in [0.717, 1.165) is 13.8 Å². The van der Waals surface area contributed by atoms with Gasteiger partial charge < -0.3 is 0 Å². The highest BCUT2D eigenvalue weighted by molar-refractivity contribution is 5.22. The fourth-order valence-corrected chi connectivity index (χ4v) is 3.44. The Kier molecular flexibility index (Phi) is 9.84. The van der Waals surface area contributed by atoms with Gasteiger partial charge in [-0.2, -0.15) is 17.6 Å². The van der Waals surface area contributed by atoms with E-state index in [1.54, 1.807) is 6.92 Å². The molecule has 0 rings (SSSR count). The minimum Gasteiger partial charge on any atom is -0.207 e. The molecule has 0 fully saturated rings. The van der Waals surface area contributed by atoms with Gasteiger partial charge in [-0.05, 0) is 19.8 Å². The Morgan fingerprint density at radius 1 is 0.697 bits per heavy atom. The summed E-state index contributed by atoms with van der Waals surface area (Å²) in [5, 5.41) is 0. The van der Waals surface area contributed by atoms with E-state index in [0.29, 0.717) is 25.0 Å². The van der Waals surface area contributed by atoms with E-state index in [2.05, 4.69) is 26.3 Å². The molecule has 0 aromatic rings. The molecule has 0 bridgehead atoms. The molecule has 0 nitrogen and oxygen atoms in total. The molecule has 0 atom stereocenters. The normalized spacial score (nSPS) is 14.2. The van der Waals surface area contributed by atoms with E-state index in [4.69, 9.17) is 0 Å². The van der Waals surface area contributed by atoms with Gasteiger partial charge in [0.25, 0.3) is 5.92 Å².